The van der Waals surface area contributed by atoms with Crippen LogP contribution in [0.15, 0.2) is 0 Å². The number of aliphatic hydroxyl groups is 4. The fraction of sp³-hybridized carbons (Fsp3) is 1.00. The van der Waals surface area contributed by atoms with Gasteiger partial charge >= 0.3 is 0 Å². The van der Waals surface area contributed by atoms with Crippen LogP contribution in [0, 0.1) is 0 Å². The number of ether oxygens (including phenoxy) is 1. The van der Waals surface area contributed by atoms with E-state index >= 15 is 0 Å². The number of hydrogen-bond donors (Lipinski definition) is 4. The van der Waals surface area contributed by atoms with Gasteiger partial charge in [-0.3, -0.25) is 0 Å². The third kappa shape index (κ3) is 63.6. The number of aliphatic hydroxyl groups excluding tert-OH is 3. The van der Waals surface area contributed by atoms with Gasteiger partial charge in [0.25, 0.3) is 0 Å². The van der Waals surface area contributed by atoms with Crippen LogP contribution in [0.25, 0.3) is 0 Å². The fourth-order valence-corrected chi connectivity index (χ4v) is 0.708. The number of epoxide rings is 1. The molecule has 0 saturated carbocycles. The van der Waals surface area contributed by atoms with E-state index in [0.29, 0.717) is 6.10 Å². The zero-order valence-corrected chi connectivity index (χ0v) is 16.6. The van der Waals surface area contributed by atoms with Crippen LogP contribution in [0.2, 0.25) is 0 Å². The van der Waals surface area contributed by atoms with E-state index in [2.05, 4.69) is 0 Å². The second-order valence-corrected chi connectivity index (χ2v) is 6.40. The molecule has 6 heteroatoms. The van der Waals surface area contributed by atoms with Gasteiger partial charge in [0, 0.05) is 33.9 Å². The zero-order chi connectivity index (χ0) is 17.1. The molecule has 0 bridgehead atoms. The van der Waals surface area contributed by atoms with Crippen LogP contribution in [0.5, 0.6) is 0 Å². The summed E-state index contributed by atoms with van der Waals surface area (Å²) in [6, 6.07) is 0. The van der Waals surface area contributed by atoms with E-state index in [1.54, 1.807) is 55.4 Å². The molecule has 0 amide bonds. The van der Waals surface area contributed by atoms with Gasteiger partial charge in [-0.05, 0) is 62.3 Å². The first kappa shape index (κ1) is 29.5. The average molecular weight is 344 g/mol. The standard InChI is InChI=1S/C5H10O2.C4H10O.2C3H8O.Ti/c1-3(6)5-4(2)7-5;1-4(2,3)5;2*1-3(2)4;/h3-6H,1-2H3;5H,1-3H3;2*3-4H,1-2H3;/t3-,4+,5-;;;;/m1..../s1. The first-order chi connectivity index (χ1) is 8.68. The molecule has 1 fully saturated rings. The van der Waals surface area contributed by atoms with Gasteiger partial charge in [0.15, 0.2) is 0 Å². The van der Waals surface area contributed by atoms with Crippen LogP contribution in [-0.4, -0.2) is 56.5 Å². The molecule has 0 radical (unpaired) electrons. The summed E-state index contributed by atoms with van der Waals surface area (Å²) >= 11 is 0. The largest absolute Gasteiger partial charge is 0.394 e. The quantitative estimate of drug-likeness (QED) is 0.429. The Morgan fingerprint density at radius 3 is 1.00 bits per heavy atom. The van der Waals surface area contributed by atoms with Crippen LogP contribution in [0.4, 0.5) is 0 Å². The third-order valence-electron chi connectivity index (χ3n) is 1.23. The third-order valence-corrected chi connectivity index (χ3v) is 1.23. The summed E-state index contributed by atoms with van der Waals surface area (Å²) in [5.41, 5.74) is -0.500. The van der Waals surface area contributed by atoms with Gasteiger partial charge in [0.2, 0.25) is 0 Å². The van der Waals surface area contributed by atoms with Crippen molar-refractivity contribution in [1.29, 1.82) is 0 Å². The molecule has 1 rings (SSSR count). The van der Waals surface area contributed by atoms with Crippen molar-refractivity contribution in [3.63, 3.8) is 0 Å². The number of rotatable bonds is 1. The molecule has 5 nitrogen and oxygen atoms in total. The average Bonchev–Trinajstić information content (AvgIpc) is 2.76. The molecule has 1 heterocycles. The molecular weight excluding hydrogens is 308 g/mol. The minimum absolute atomic E-state index is 0. The van der Waals surface area contributed by atoms with Gasteiger partial charge in [-0.2, -0.15) is 0 Å². The summed E-state index contributed by atoms with van der Waals surface area (Å²) < 4.78 is 4.93. The minimum atomic E-state index is -0.500. The van der Waals surface area contributed by atoms with Crippen LogP contribution in [-0.2, 0) is 26.5 Å². The van der Waals surface area contributed by atoms with Crippen molar-refractivity contribution >= 4 is 0 Å². The van der Waals surface area contributed by atoms with E-state index in [1.165, 1.54) is 0 Å². The van der Waals surface area contributed by atoms with Gasteiger partial charge in [0.05, 0.1) is 17.8 Å². The van der Waals surface area contributed by atoms with Crippen LogP contribution in [0.3, 0.4) is 0 Å². The van der Waals surface area contributed by atoms with Crippen LogP contribution >= 0.6 is 0 Å². The van der Waals surface area contributed by atoms with E-state index in [9.17, 15) is 0 Å². The summed E-state index contributed by atoms with van der Waals surface area (Å²) in [4.78, 5) is 0. The Bertz CT molecular complexity index is 185. The molecule has 0 spiro atoms. The summed E-state index contributed by atoms with van der Waals surface area (Å²) in [6.45, 7) is 15.8. The maximum absolute atomic E-state index is 8.74. The predicted octanol–water partition coefficient (Wildman–Crippen LogP) is 1.70. The van der Waals surface area contributed by atoms with E-state index in [0.717, 1.165) is 0 Å². The second kappa shape index (κ2) is 15.4. The van der Waals surface area contributed by atoms with E-state index in [-0.39, 0.29) is 46.1 Å². The normalized spacial score (nSPS) is 20.7. The summed E-state index contributed by atoms with van der Waals surface area (Å²) in [7, 11) is 0. The van der Waals surface area contributed by atoms with Crippen molar-refractivity contribution in [2.75, 3.05) is 0 Å². The zero-order valence-electron chi connectivity index (χ0n) is 15.1. The smallest absolute Gasteiger partial charge is 0.109 e. The fourth-order valence-electron chi connectivity index (χ4n) is 0.708. The predicted molar refractivity (Wildman–Crippen MR) is 82.7 cm³/mol. The Balaban J connectivity index is -0.0000000937. The summed E-state index contributed by atoms with van der Waals surface area (Å²) in [6.07, 6.45) is -0.199. The van der Waals surface area contributed by atoms with Gasteiger partial charge in [0.1, 0.15) is 6.10 Å². The molecular formula is C15H36O5Ti. The Labute approximate surface area is 145 Å². The number of hydrogen-bond acceptors (Lipinski definition) is 5. The Morgan fingerprint density at radius 1 is 0.857 bits per heavy atom. The maximum Gasteiger partial charge on any atom is 0.109 e. The molecule has 3 atom stereocenters. The van der Waals surface area contributed by atoms with E-state index in [1.807, 2.05) is 6.92 Å². The van der Waals surface area contributed by atoms with Crippen molar-refractivity contribution in [3.05, 3.63) is 0 Å². The van der Waals surface area contributed by atoms with Gasteiger partial charge in [-0.15, -0.1) is 0 Å². The molecule has 4 N–H and O–H groups in total. The van der Waals surface area contributed by atoms with Gasteiger partial charge in [-0.25, -0.2) is 0 Å². The Kier molecular flexibility index (Phi) is 21.7. The molecule has 0 unspecified atom stereocenters. The van der Waals surface area contributed by atoms with Crippen molar-refractivity contribution in [1.82, 2.24) is 0 Å². The van der Waals surface area contributed by atoms with Gasteiger partial charge in [-0.1, -0.05) is 0 Å². The van der Waals surface area contributed by atoms with Crippen LogP contribution in [0.1, 0.15) is 62.3 Å². The summed E-state index contributed by atoms with van der Waals surface area (Å²) in [5, 5.41) is 33.4. The monoisotopic (exact) mass is 344 g/mol. The minimum Gasteiger partial charge on any atom is -0.394 e. The summed E-state index contributed by atoms with van der Waals surface area (Å²) in [5.74, 6) is 0. The molecule has 1 saturated heterocycles. The first-order valence-electron chi connectivity index (χ1n) is 7.10. The molecule has 21 heavy (non-hydrogen) atoms. The first-order valence-corrected chi connectivity index (χ1v) is 7.10. The Hall–Kier alpha value is 0.514. The molecule has 0 aliphatic carbocycles. The van der Waals surface area contributed by atoms with Crippen molar-refractivity contribution in [2.45, 2.75) is 98.4 Å². The molecule has 0 aromatic rings. The Morgan fingerprint density at radius 2 is 1.00 bits per heavy atom. The van der Waals surface area contributed by atoms with Crippen LogP contribution < -0.4 is 0 Å². The van der Waals surface area contributed by atoms with E-state index in [4.69, 9.17) is 25.2 Å². The molecule has 130 valence electrons. The molecule has 1 aliphatic heterocycles. The van der Waals surface area contributed by atoms with E-state index < -0.39 is 5.60 Å². The SMILES string of the molecule is CC(C)(C)O.CC(C)O.CC(C)O.C[C@@H]1O[C@@H]1[C@@H](C)O.[Ti]. The second-order valence-electron chi connectivity index (χ2n) is 6.40. The molecule has 0 aromatic heterocycles. The van der Waals surface area contributed by atoms with Crippen molar-refractivity contribution < 1.29 is 46.9 Å². The van der Waals surface area contributed by atoms with Crippen molar-refractivity contribution in [3.8, 4) is 0 Å². The maximum atomic E-state index is 8.74. The van der Waals surface area contributed by atoms with Gasteiger partial charge < -0.3 is 25.2 Å². The van der Waals surface area contributed by atoms with Crippen molar-refractivity contribution in [2.24, 2.45) is 0 Å². The molecule has 1 aliphatic rings. The molecule has 0 aromatic carbocycles. The topological polar surface area (TPSA) is 93.5 Å².